The molecule has 0 saturated carbocycles. The predicted molar refractivity (Wildman–Crippen MR) is 112 cm³/mol. The van der Waals surface area contributed by atoms with Crippen LogP contribution >= 0.6 is 11.3 Å². The standard InChI is InChI=1S/C22H22N2O3S/c1-13-8-15(3)19(9-14(13)2)20-12-28-22(23-20)24-21(26)11-27-18-7-5-6-17(10-18)16(4)25/h5-10,12H,11H2,1-4H3,(H,23,24,26). The Balaban J connectivity index is 1.64. The van der Waals surface area contributed by atoms with E-state index in [9.17, 15) is 9.59 Å². The first-order valence-corrected chi connectivity index (χ1v) is 9.79. The molecule has 0 atom stereocenters. The number of carbonyl (C=O) groups is 2. The number of anilines is 1. The lowest BCUT2D eigenvalue weighted by molar-refractivity contribution is -0.118. The van der Waals surface area contributed by atoms with E-state index in [0.717, 1.165) is 16.8 Å². The van der Waals surface area contributed by atoms with Gasteiger partial charge in [-0.2, -0.15) is 0 Å². The number of nitrogens with zero attached hydrogens (tertiary/aromatic N) is 1. The summed E-state index contributed by atoms with van der Waals surface area (Å²) in [5.41, 5.74) is 6.07. The maximum Gasteiger partial charge on any atom is 0.264 e. The number of ketones is 1. The summed E-state index contributed by atoms with van der Waals surface area (Å²) in [4.78, 5) is 28.1. The average Bonchev–Trinajstić information content (AvgIpc) is 3.11. The SMILES string of the molecule is CC(=O)c1cccc(OCC(=O)Nc2nc(-c3cc(C)c(C)cc3C)cs2)c1. The molecule has 0 fully saturated rings. The summed E-state index contributed by atoms with van der Waals surface area (Å²) in [6.07, 6.45) is 0. The fourth-order valence-electron chi connectivity index (χ4n) is 2.80. The third-order valence-electron chi connectivity index (χ3n) is 4.48. The third-order valence-corrected chi connectivity index (χ3v) is 5.24. The molecule has 2 aromatic carbocycles. The van der Waals surface area contributed by atoms with E-state index in [1.54, 1.807) is 24.3 Å². The Hall–Kier alpha value is -2.99. The molecule has 1 heterocycles. The summed E-state index contributed by atoms with van der Waals surface area (Å²) in [5, 5.41) is 5.22. The molecule has 1 N–H and O–H groups in total. The number of rotatable bonds is 6. The molecule has 1 aromatic heterocycles. The lowest BCUT2D eigenvalue weighted by atomic mass is 9.99. The molecular formula is C22H22N2O3S. The Bertz CT molecular complexity index is 1040. The van der Waals surface area contributed by atoms with Crippen LogP contribution < -0.4 is 10.1 Å². The average molecular weight is 394 g/mol. The van der Waals surface area contributed by atoms with Gasteiger partial charge in [0.15, 0.2) is 17.5 Å². The van der Waals surface area contributed by atoms with E-state index in [2.05, 4.69) is 43.2 Å². The van der Waals surface area contributed by atoms with Crippen LogP contribution in [0.15, 0.2) is 41.8 Å². The van der Waals surface area contributed by atoms with Gasteiger partial charge in [-0.05, 0) is 62.6 Å². The summed E-state index contributed by atoms with van der Waals surface area (Å²) in [6.45, 7) is 7.56. The molecular weight excluding hydrogens is 372 g/mol. The number of aromatic nitrogens is 1. The largest absolute Gasteiger partial charge is 0.484 e. The molecule has 0 aliphatic carbocycles. The quantitative estimate of drug-likeness (QED) is 0.600. The molecule has 0 radical (unpaired) electrons. The minimum Gasteiger partial charge on any atom is -0.484 e. The van der Waals surface area contributed by atoms with Gasteiger partial charge in [-0.15, -0.1) is 11.3 Å². The van der Waals surface area contributed by atoms with Crippen LogP contribution in [0.1, 0.15) is 34.0 Å². The van der Waals surface area contributed by atoms with Gasteiger partial charge in [-0.3, -0.25) is 14.9 Å². The molecule has 1 amide bonds. The Morgan fingerprint density at radius 3 is 2.57 bits per heavy atom. The first kappa shape index (κ1) is 19.8. The molecule has 5 nitrogen and oxygen atoms in total. The zero-order valence-electron chi connectivity index (χ0n) is 16.3. The van der Waals surface area contributed by atoms with Gasteiger partial charge in [-0.1, -0.05) is 18.2 Å². The molecule has 0 aliphatic rings. The minimum atomic E-state index is -0.300. The highest BCUT2D eigenvalue weighted by Crippen LogP contribution is 2.29. The third kappa shape index (κ3) is 4.64. The van der Waals surface area contributed by atoms with E-state index in [-0.39, 0.29) is 18.3 Å². The second-order valence-corrected chi connectivity index (χ2v) is 7.57. The number of benzene rings is 2. The number of hydrogen-bond donors (Lipinski definition) is 1. The van der Waals surface area contributed by atoms with Gasteiger partial charge < -0.3 is 4.74 Å². The van der Waals surface area contributed by atoms with E-state index < -0.39 is 0 Å². The van der Waals surface area contributed by atoms with Crippen molar-refractivity contribution in [3.63, 3.8) is 0 Å². The van der Waals surface area contributed by atoms with Crippen LogP contribution in [0.3, 0.4) is 0 Å². The van der Waals surface area contributed by atoms with Gasteiger partial charge in [0, 0.05) is 16.5 Å². The molecule has 28 heavy (non-hydrogen) atoms. The number of aryl methyl sites for hydroxylation is 3. The highest BCUT2D eigenvalue weighted by atomic mass is 32.1. The van der Waals surface area contributed by atoms with Crippen molar-refractivity contribution in [2.75, 3.05) is 11.9 Å². The van der Waals surface area contributed by atoms with Crippen LogP contribution in [0.5, 0.6) is 5.75 Å². The summed E-state index contributed by atoms with van der Waals surface area (Å²) < 4.78 is 5.48. The van der Waals surface area contributed by atoms with Gasteiger partial charge in [0.25, 0.3) is 5.91 Å². The fraction of sp³-hybridized carbons (Fsp3) is 0.227. The topological polar surface area (TPSA) is 68.3 Å². The van der Waals surface area contributed by atoms with E-state index in [4.69, 9.17) is 4.74 Å². The number of Topliss-reactive ketones (excluding diaryl/α,β-unsaturated/α-hetero) is 1. The highest BCUT2D eigenvalue weighted by Gasteiger charge is 2.12. The monoisotopic (exact) mass is 394 g/mol. The van der Waals surface area contributed by atoms with Crippen molar-refractivity contribution in [1.29, 1.82) is 0 Å². The van der Waals surface area contributed by atoms with Crippen LogP contribution in [0.25, 0.3) is 11.3 Å². The van der Waals surface area contributed by atoms with Crippen molar-refractivity contribution in [1.82, 2.24) is 4.98 Å². The Morgan fingerprint density at radius 1 is 1.07 bits per heavy atom. The molecule has 0 bridgehead atoms. The normalized spacial score (nSPS) is 10.6. The number of ether oxygens (including phenoxy) is 1. The second kappa shape index (κ2) is 8.35. The highest BCUT2D eigenvalue weighted by molar-refractivity contribution is 7.14. The van der Waals surface area contributed by atoms with E-state index >= 15 is 0 Å². The fourth-order valence-corrected chi connectivity index (χ4v) is 3.53. The minimum absolute atomic E-state index is 0.0492. The van der Waals surface area contributed by atoms with Crippen LogP contribution in [-0.2, 0) is 4.79 Å². The molecule has 6 heteroatoms. The maximum absolute atomic E-state index is 12.2. The van der Waals surface area contributed by atoms with Crippen LogP contribution in [0.2, 0.25) is 0 Å². The number of nitrogens with one attached hydrogen (secondary N) is 1. The van der Waals surface area contributed by atoms with Crippen molar-refractivity contribution in [3.8, 4) is 17.0 Å². The number of carbonyl (C=O) groups excluding carboxylic acids is 2. The van der Waals surface area contributed by atoms with Crippen molar-refractivity contribution < 1.29 is 14.3 Å². The number of hydrogen-bond acceptors (Lipinski definition) is 5. The van der Waals surface area contributed by atoms with Crippen molar-refractivity contribution in [2.45, 2.75) is 27.7 Å². The van der Waals surface area contributed by atoms with Crippen LogP contribution in [0, 0.1) is 20.8 Å². The lowest BCUT2D eigenvalue weighted by Crippen LogP contribution is -2.20. The molecule has 3 aromatic rings. The summed E-state index contributed by atoms with van der Waals surface area (Å²) >= 11 is 1.38. The Kier molecular flexibility index (Phi) is 5.90. The zero-order valence-corrected chi connectivity index (χ0v) is 17.1. The smallest absolute Gasteiger partial charge is 0.264 e. The number of thiazole rings is 1. The predicted octanol–water partition coefficient (Wildman–Crippen LogP) is 4.96. The van der Waals surface area contributed by atoms with E-state index in [1.165, 1.54) is 29.4 Å². The lowest BCUT2D eigenvalue weighted by Gasteiger charge is -2.08. The Morgan fingerprint density at radius 2 is 1.82 bits per heavy atom. The van der Waals surface area contributed by atoms with Crippen LogP contribution in [-0.4, -0.2) is 23.3 Å². The molecule has 0 saturated heterocycles. The Labute approximate surface area is 168 Å². The van der Waals surface area contributed by atoms with Gasteiger partial charge >= 0.3 is 0 Å². The van der Waals surface area contributed by atoms with Crippen molar-refractivity contribution in [2.24, 2.45) is 0 Å². The molecule has 0 spiro atoms. The second-order valence-electron chi connectivity index (χ2n) is 6.71. The van der Waals surface area contributed by atoms with Gasteiger partial charge in [0.2, 0.25) is 0 Å². The molecule has 0 aliphatic heterocycles. The molecule has 144 valence electrons. The van der Waals surface area contributed by atoms with Crippen molar-refractivity contribution in [3.05, 3.63) is 64.0 Å². The van der Waals surface area contributed by atoms with Crippen LogP contribution in [0.4, 0.5) is 5.13 Å². The summed E-state index contributed by atoms with van der Waals surface area (Å²) in [5.74, 6) is 0.131. The number of amides is 1. The van der Waals surface area contributed by atoms with Crippen molar-refractivity contribution >= 4 is 28.2 Å². The molecule has 3 rings (SSSR count). The summed E-state index contributed by atoms with van der Waals surface area (Å²) in [7, 11) is 0. The van der Waals surface area contributed by atoms with Gasteiger partial charge in [0.05, 0.1) is 5.69 Å². The van der Waals surface area contributed by atoms with E-state index in [1.807, 2.05) is 5.38 Å². The van der Waals surface area contributed by atoms with Gasteiger partial charge in [0.1, 0.15) is 5.75 Å². The first-order chi connectivity index (χ1) is 13.3. The molecule has 0 unspecified atom stereocenters. The van der Waals surface area contributed by atoms with Gasteiger partial charge in [-0.25, -0.2) is 4.98 Å². The summed E-state index contributed by atoms with van der Waals surface area (Å²) in [6, 6.07) is 11.0. The maximum atomic E-state index is 12.2. The first-order valence-electron chi connectivity index (χ1n) is 8.91. The zero-order chi connectivity index (χ0) is 20.3. The van der Waals surface area contributed by atoms with E-state index in [0.29, 0.717) is 16.4 Å².